The summed E-state index contributed by atoms with van der Waals surface area (Å²) >= 11 is 1.12. The molecule has 0 spiro atoms. The van der Waals surface area contributed by atoms with Gasteiger partial charge in [-0.2, -0.15) is 0 Å². The molecule has 15 heavy (non-hydrogen) atoms. The fraction of sp³-hybridized carbons (Fsp3) is 0.100. The minimum absolute atomic E-state index is 0.152. The Bertz CT molecular complexity index is 512. The van der Waals surface area contributed by atoms with Gasteiger partial charge in [-0.05, 0) is 25.1 Å². The molecule has 0 fully saturated rings. The molecule has 0 atom stereocenters. The van der Waals surface area contributed by atoms with Crippen LogP contribution in [0.3, 0.4) is 0 Å². The third-order valence-electron chi connectivity index (χ3n) is 1.94. The van der Waals surface area contributed by atoms with E-state index >= 15 is 0 Å². The van der Waals surface area contributed by atoms with Crippen LogP contribution in [-0.4, -0.2) is 11.1 Å². The maximum absolute atomic E-state index is 10.8. The average molecular weight is 223 g/mol. The summed E-state index contributed by atoms with van der Waals surface area (Å²) in [6.07, 6.45) is 0. The summed E-state index contributed by atoms with van der Waals surface area (Å²) in [5.41, 5.74) is 5.85. The summed E-state index contributed by atoms with van der Waals surface area (Å²) < 4.78 is 5.38. The molecule has 2 aromatic heterocycles. The third kappa shape index (κ3) is 1.73. The minimum Gasteiger partial charge on any atom is -0.477 e. The van der Waals surface area contributed by atoms with Crippen LogP contribution in [0.2, 0.25) is 0 Å². The molecule has 78 valence electrons. The number of nitrogen functional groups attached to an aromatic ring is 1. The van der Waals surface area contributed by atoms with Gasteiger partial charge in [-0.15, -0.1) is 11.3 Å². The van der Waals surface area contributed by atoms with Crippen LogP contribution >= 0.6 is 11.3 Å². The van der Waals surface area contributed by atoms with Gasteiger partial charge in [0, 0.05) is 0 Å². The second kappa shape index (κ2) is 3.43. The molecule has 0 saturated heterocycles. The quantitative estimate of drug-likeness (QED) is 0.820. The van der Waals surface area contributed by atoms with Gasteiger partial charge >= 0.3 is 5.97 Å². The van der Waals surface area contributed by atoms with E-state index in [0.29, 0.717) is 5.76 Å². The van der Waals surface area contributed by atoms with Gasteiger partial charge in [0.05, 0.1) is 10.6 Å². The zero-order valence-electron chi connectivity index (χ0n) is 7.98. The lowest BCUT2D eigenvalue weighted by atomic mass is 10.3. The highest BCUT2D eigenvalue weighted by Gasteiger charge is 2.15. The Morgan fingerprint density at radius 3 is 2.73 bits per heavy atom. The first-order chi connectivity index (χ1) is 7.08. The van der Waals surface area contributed by atoms with Crippen molar-refractivity contribution in [2.75, 3.05) is 5.73 Å². The number of aromatic carboxylic acids is 1. The van der Waals surface area contributed by atoms with Crippen molar-refractivity contribution in [2.45, 2.75) is 6.92 Å². The lowest BCUT2D eigenvalue weighted by Crippen LogP contribution is -1.96. The number of carboxylic acid groups (broad SMARTS) is 1. The Morgan fingerprint density at radius 1 is 1.53 bits per heavy atom. The van der Waals surface area contributed by atoms with Crippen molar-refractivity contribution in [3.05, 3.63) is 28.8 Å². The number of aryl methyl sites for hydroxylation is 1. The van der Waals surface area contributed by atoms with Crippen molar-refractivity contribution >= 4 is 23.0 Å². The summed E-state index contributed by atoms with van der Waals surface area (Å²) in [5, 5.41) is 8.83. The number of anilines is 1. The number of hydrogen-bond donors (Lipinski definition) is 2. The molecule has 2 heterocycles. The molecule has 5 heteroatoms. The van der Waals surface area contributed by atoms with Gasteiger partial charge in [0.2, 0.25) is 0 Å². The number of carboxylic acids is 1. The van der Waals surface area contributed by atoms with Gasteiger partial charge in [-0.1, -0.05) is 0 Å². The van der Waals surface area contributed by atoms with Crippen LogP contribution in [-0.2, 0) is 0 Å². The second-order valence-electron chi connectivity index (χ2n) is 3.11. The Labute approximate surface area is 89.9 Å². The molecule has 0 unspecified atom stereocenters. The molecule has 2 rings (SSSR count). The highest BCUT2D eigenvalue weighted by Crippen LogP contribution is 2.33. The Morgan fingerprint density at radius 2 is 2.27 bits per heavy atom. The van der Waals surface area contributed by atoms with Crippen molar-refractivity contribution in [3.8, 4) is 10.6 Å². The van der Waals surface area contributed by atoms with Crippen LogP contribution in [0.1, 0.15) is 15.4 Å². The number of thiophene rings is 1. The predicted molar refractivity (Wildman–Crippen MR) is 58.1 cm³/mol. The zero-order valence-corrected chi connectivity index (χ0v) is 8.80. The fourth-order valence-electron chi connectivity index (χ4n) is 1.26. The van der Waals surface area contributed by atoms with E-state index in [0.717, 1.165) is 22.0 Å². The molecule has 0 aliphatic heterocycles. The average Bonchev–Trinajstić information content (AvgIpc) is 2.71. The smallest absolute Gasteiger partial charge is 0.348 e. The van der Waals surface area contributed by atoms with Crippen LogP contribution in [0, 0.1) is 6.92 Å². The first-order valence-electron chi connectivity index (χ1n) is 4.27. The topological polar surface area (TPSA) is 76.5 Å². The zero-order chi connectivity index (χ0) is 11.0. The van der Waals surface area contributed by atoms with Gasteiger partial charge in [-0.25, -0.2) is 4.79 Å². The van der Waals surface area contributed by atoms with E-state index in [1.165, 1.54) is 0 Å². The summed E-state index contributed by atoms with van der Waals surface area (Å²) in [7, 11) is 0. The van der Waals surface area contributed by atoms with Crippen molar-refractivity contribution < 1.29 is 14.3 Å². The first-order valence-corrected chi connectivity index (χ1v) is 5.09. The normalized spacial score (nSPS) is 10.5. The van der Waals surface area contributed by atoms with E-state index in [2.05, 4.69) is 0 Å². The van der Waals surface area contributed by atoms with Crippen LogP contribution in [0.4, 0.5) is 5.69 Å². The van der Waals surface area contributed by atoms with Crippen molar-refractivity contribution in [2.24, 2.45) is 0 Å². The van der Waals surface area contributed by atoms with Crippen LogP contribution in [0.5, 0.6) is 0 Å². The molecule has 2 aromatic rings. The lowest BCUT2D eigenvalue weighted by molar-refractivity contribution is 0.0703. The molecule has 4 nitrogen and oxygen atoms in total. The Balaban J connectivity index is 2.46. The number of furan rings is 1. The monoisotopic (exact) mass is 223 g/mol. The molecule has 0 aliphatic carbocycles. The molecular formula is C10H9NO3S. The molecule has 0 amide bonds. The van der Waals surface area contributed by atoms with Crippen LogP contribution < -0.4 is 5.73 Å². The van der Waals surface area contributed by atoms with E-state index in [4.69, 9.17) is 15.3 Å². The fourth-order valence-corrected chi connectivity index (χ4v) is 2.14. The summed E-state index contributed by atoms with van der Waals surface area (Å²) in [6, 6.07) is 5.24. The first kappa shape index (κ1) is 9.79. The van der Waals surface area contributed by atoms with Gasteiger partial charge in [0.1, 0.15) is 16.4 Å². The number of carbonyl (C=O) groups is 1. The predicted octanol–water partition coefficient (Wildman–Crippen LogP) is 2.60. The highest BCUT2D eigenvalue weighted by molar-refractivity contribution is 7.17. The van der Waals surface area contributed by atoms with Gasteiger partial charge in [0.25, 0.3) is 0 Å². The molecule has 0 aromatic carbocycles. The van der Waals surface area contributed by atoms with Crippen molar-refractivity contribution in [1.29, 1.82) is 0 Å². The van der Waals surface area contributed by atoms with Crippen LogP contribution in [0.15, 0.2) is 22.6 Å². The lowest BCUT2D eigenvalue weighted by Gasteiger charge is -1.88. The molecule has 0 bridgehead atoms. The Hall–Kier alpha value is -1.75. The maximum atomic E-state index is 10.8. The minimum atomic E-state index is -1.01. The molecule has 3 N–H and O–H groups in total. The number of nitrogens with two attached hydrogens (primary N) is 1. The summed E-state index contributed by atoms with van der Waals surface area (Å²) in [5.74, 6) is 0.428. The molecule has 0 aliphatic rings. The van der Waals surface area contributed by atoms with Crippen molar-refractivity contribution in [3.63, 3.8) is 0 Å². The number of rotatable bonds is 2. The van der Waals surface area contributed by atoms with E-state index in [1.54, 1.807) is 12.1 Å². The molecular weight excluding hydrogens is 214 g/mol. The van der Waals surface area contributed by atoms with E-state index < -0.39 is 5.97 Å². The van der Waals surface area contributed by atoms with E-state index in [1.807, 2.05) is 13.0 Å². The van der Waals surface area contributed by atoms with Gasteiger partial charge < -0.3 is 15.3 Å². The Kier molecular flexibility index (Phi) is 2.24. The summed E-state index contributed by atoms with van der Waals surface area (Å²) in [6.45, 7) is 1.83. The van der Waals surface area contributed by atoms with Crippen LogP contribution in [0.25, 0.3) is 10.6 Å². The second-order valence-corrected chi connectivity index (χ2v) is 4.16. The van der Waals surface area contributed by atoms with Crippen molar-refractivity contribution in [1.82, 2.24) is 0 Å². The standard InChI is InChI=1S/C10H9NO3S/c1-5-2-3-7(14-5)8-4-6(11)9(15-8)10(12)13/h2-4H,11H2,1H3,(H,12,13). The van der Waals surface area contributed by atoms with Gasteiger partial charge in [-0.3, -0.25) is 0 Å². The highest BCUT2D eigenvalue weighted by atomic mass is 32.1. The summed E-state index contributed by atoms with van der Waals surface area (Å²) in [4.78, 5) is 11.7. The van der Waals surface area contributed by atoms with E-state index in [9.17, 15) is 4.79 Å². The van der Waals surface area contributed by atoms with Gasteiger partial charge in [0.15, 0.2) is 0 Å². The maximum Gasteiger partial charge on any atom is 0.348 e. The third-order valence-corrected chi connectivity index (χ3v) is 3.09. The SMILES string of the molecule is Cc1ccc(-c2cc(N)c(C(=O)O)s2)o1. The molecule has 0 radical (unpaired) electrons. The number of hydrogen-bond acceptors (Lipinski definition) is 4. The van der Waals surface area contributed by atoms with E-state index in [-0.39, 0.29) is 10.6 Å². The largest absolute Gasteiger partial charge is 0.477 e. The molecule has 0 saturated carbocycles.